The van der Waals surface area contributed by atoms with E-state index in [4.69, 9.17) is 0 Å². The van der Waals surface area contributed by atoms with Crippen molar-refractivity contribution in [2.24, 2.45) is 0 Å². The van der Waals surface area contributed by atoms with Crippen LogP contribution < -0.4 is 5.32 Å². The van der Waals surface area contributed by atoms with Gasteiger partial charge in [-0.2, -0.15) is 9.78 Å². The Labute approximate surface area is 123 Å². The van der Waals surface area contributed by atoms with Crippen LogP contribution in [0.25, 0.3) is 11.3 Å². The summed E-state index contributed by atoms with van der Waals surface area (Å²) in [6, 6.07) is 20.7. The highest BCUT2D eigenvalue weighted by Crippen LogP contribution is 2.20. The first-order chi connectivity index (χ1) is 10.2. The smallest absolute Gasteiger partial charge is 0.306 e. The van der Waals surface area contributed by atoms with Crippen molar-refractivity contribution in [2.45, 2.75) is 6.92 Å². The molecule has 4 nitrogen and oxygen atoms in total. The second-order valence-corrected chi connectivity index (χ2v) is 4.74. The van der Waals surface area contributed by atoms with Gasteiger partial charge < -0.3 is 5.32 Å². The summed E-state index contributed by atoms with van der Waals surface area (Å²) >= 11 is 0. The molecule has 0 fully saturated rings. The molecular formula is C17H15N3O. The molecule has 1 aromatic heterocycles. The van der Waals surface area contributed by atoms with Gasteiger partial charge in [-0.15, -0.1) is 0 Å². The summed E-state index contributed by atoms with van der Waals surface area (Å²) in [6.45, 7) is 1.87. The lowest BCUT2D eigenvalue weighted by Crippen LogP contribution is -2.21. The van der Waals surface area contributed by atoms with Crippen molar-refractivity contribution < 1.29 is 4.79 Å². The maximum atomic E-state index is 12.4. The Morgan fingerprint density at radius 1 is 1.00 bits per heavy atom. The van der Waals surface area contributed by atoms with Crippen molar-refractivity contribution in [1.29, 1.82) is 0 Å². The van der Waals surface area contributed by atoms with Gasteiger partial charge in [-0.05, 0) is 25.1 Å². The highest BCUT2D eigenvalue weighted by molar-refractivity contribution is 5.93. The molecule has 0 unspecified atom stereocenters. The summed E-state index contributed by atoms with van der Waals surface area (Å²) in [5.74, 6) is 0. The number of amides is 1. The first kappa shape index (κ1) is 13.1. The second kappa shape index (κ2) is 5.63. The number of rotatable bonds is 2. The van der Waals surface area contributed by atoms with E-state index in [0.29, 0.717) is 0 Å². The summed E-state index contributed by atoms with van der Waals surface area (Å²) < 4.78 is 1.40. The molecule has 1 heterocycles. The summed E-state index contributed by atoms with van der Waals surface area (Å²) in [5.41, 5.74) is 3.29. The number of aromatic nitrogens is 2. The SMILES string of the molecule is Cc1cc(-c2ccccc2)n(C(=O)Nc2ccccc2)n1. The number of hydrogen-bond acceptors (Lipinski definition) is 2. The van der Waals surface area contributed by atoms with Crippen LogP contribution in [-0.2, 0) is 0 Å². The maximum absolute atomic E-state index is 12.4. The van der Waals surface area contributed by atoms with Gasteiger partial charge in [0.2, 0.25) is 0 Å². The van der Waals surface area contributed by atoms with E-state index in [1.807, 2.05) is 73.7 Å². The van der Waals surface area contributed by atoms with Crippen LogP contribution in [0.3, 0.4) is 0 Å². The van der Waals surface area contributed by atoms with Crippen molar-refractivity contribution in [3.63, 3.8) is 0 Å². The van der Waals surface area contributed by atoms with Crippen molar-refractivity contribution in [2.75, 3.05) is 5.32 Å². The van der Waals surface area contributed by atoms with Gasteiger partial charge in [-0.25, -0.2) is 4.79 Å². The van der Waals surface area contributed by atoms with Crippen molar-refractivity contribution in [1.82, 2.24) is 9.78 Å². The Hall–Kier alpha value is -2.88. The number of nitrogens with one attached hydrogen (secondary N) is 1. The molecule has 3 aromatic rings. The van der Waals surface area contributed by atoms with Crippen LogP contribution in [0.2, 0.25) is 0 Å². The van der Waals surface area contributed by atoms with E-state index < -0.39 is 0 Å². The van der Waals surface area contributed by atoms with Gasteiger partial charge in [0.15, 0.2) is 0 Å². The normalized spacial score (nSPS) is 10.3. The molecule has 0 radical (unpaired) electrons. The minimum atomic E-state index is -0.270. The highest BCUT2D eigenvalue weighted by Gasteiger charge is 2.14. The molecule has 104 valence electrons. The van der Waals surface area contributed by atoms with Crippen LogP contribution in [0.4, 0.5) is 10.5 Å². The van der Waals surface area contributed by atoms with Gasteiger partial charge in [-0.1, -0.05) is 48.5 Å². The zero-order valence-electron chi connectivity index (χ0n) is 11.7. The van der Waals surface area contributed by atoms with E-state index in [0.717, 1.165) is 22.6 Å². The first-order valence-electron chi connectivity index (χ1n) is 6.72. The zero-order chi connectivity index (χ0) is 14.7. The Balaban J connectivity index is 1.94. The van der Waals surface area contributed by atoms with Gasteiger partial charge in [0.1, 0.15) is 0 Å². The van der Waals surface area contributed by atoms with Crippen LogP contribution in [0.15, 0.2) is 66.7 Å². The molecule has 4 heteroatoms. The fraction of sp³-hybridized carbons (Fsp3) is 0.0588. The molecule has 1 N–H and O–H groups in total. The molecule has 1 amide bonds. The maximum Gasteiger partial charge on any atom is 0.347 e. The summed E-state index contributed by atoms with van der Waals surface area (Å²) in [5, 5.41) is 7.13. The van der Waals surface area contributed by atoms with E-state index in [2.05, 4.69) is 10.4 Å². The van der Waals surface area contributed by atoms with Crippen LogP contribution in [-0.4, -0.2) is 15.8 Å². The summed E-state index contributed by atoms with van der Waals surface area (Å²) in [7, 11) is 0. The number of aryl methyl sites for hydroxylation is 1. The molecule has 3 rings (SSSR count). The molecule has 0 aliphatic heterocycles. The monoisotopic (exact) mass is 277 g/mol. The number of para-hydroxylation sites is 1. The third kappa shape index (κ3) is 2.84. The number of carbonyl (C=O) groups is 1. The lowest BCUT2D eigenvalue weighted by molar-refractivity contribution is 0.251. The average Bonchev–Trinajstić information content (AvgIpc) is 2.91. The van der Waals surface area contributed by atoms with Crippen LogP contribution in [0.5, 0.6) is 0 Å². The molecule has 0 saturated carbocycles. The van der Waals surface area contributed by atoms with Crippen molar-refractivity contribution >= 4 is 11.7 Å². The lowest BCUT2D eigenvalue weighted by Gasteiger charge is -2.08. The third-order valence-corrected chi connectivity index (χ3v) is 3.12. The van der Waals surface area contributed by atoms with Gasteiger partial charge in [0, 0.05) is 11.3 Å². The average molecular weight is 277 g/mol. The molecule has 0 aliphatic carbocycles. The van der Waals surface area contributed by atoms with Crippen LogP contribution in [0, 0.1) is 6.92 Å². The van der Waals surface area contributed by atoms with E-state index in [-0.39, 0.29) is 6.03 Å². The lowest BCUT2D eigenvalue weighted by atomic mass is 10.1. The highest BCUT2D eigenvalue weighted by atomic mass is 16.2. The molecule has 0 spiro atoms. The van der Waals surface area contributed by atoms with E-state index in [1.54, 1.807) is 0 Å². The van der Waals surface area contributed by atoms with Gasteiger partial charge >= 0.3 is 6.03 Å². The van der Waals surface area contributed by atoms with Crippen molar-refractivity contribution in [3.8, 4) is 11.3 Å². The zero-order valence-corrected chi connectivity index (χ0v) is 11.7. The molecule has 21 heavy (non-hydrogen) atoms. The first-order valence-corrected chi connectivity index (χ1v) is 6.72. The fourth-order valence-corrected chi connectivity index (χ4v) is 2.17. The number of carbonyl (C=O) groups excluding carboxylic acids is 1. The predicted molar refractivity (Wildman–Crippen MR) is 83.3 cm³/mol. The minimum absolute atomic E-state index is 0.270. The third-order valence-electron chi connectivity index (χ3n) is 3.12. The topological polar surface area (TPSA) is 46.9 Å². The number of benzene rings is 2. The van der Waals surface area contributed by atoms with E-state index >= 15 is 0 Å². The second-order valence-electron chi connectivity index (χ2n) is 4.74. The van der Waals surface area contributed by atoms with Crippen LogP contribution >= 0.6 is 0 Å². The number of nitrogens with zero attached hydrogens (tertiary/aromatic N) is 2. The Morgan fingerprint density at radius 3 is 2.29 bits per heavy atom. The molecule has 0 saturated heterocycles. The van der Waals surface area contributed by atoms with Gasteiger partial charge in [0.25, 0.3) is 0 Å². The predicted octanol–water partition coefficient (Wildman–Crippen LogP) is 3.94. The molecule has 2 aromatic carbocycles. The Kier molecular flexibility index (Phi) is 3.51. The molecule has 0 atom stereocenters. The van der Waals surface area contributed by atoms with E-state index in [1.165, 1.54) is 4.68 Å². The largest absolute Gasteiger partial charge is 0.347 e. The van der Waals surface area contributed by atoms with E-state index in [9.17, 15) is 4.79 Å². The molecular weight excluding hydrogens is 262 g/mol. The molecule has 0 bridgehead atoms. The Morgan fingerprint density at radius 2 is 1.62 bits per heavy atom. The number of hydrogen-bond donors (Lipinski definition) is 1. The van der Waals surface area contributed by atoms with Crippen LogP contribution in [0.1, 0.15) is 5.69 Å². The number of anilines is 1. The quantitative estimate of drug-likeness (QED) is 0.771. The minimum Gasteiger partial charge on any atom is -0.306 e. The van der Waals surface area contributed by atoms with Gasteiger partial charge in [0.05, 0.1) is 11.4 Å². The summed E-state index contributed by atoms with van der Waals surface area (Å²) in [4.78, 5) is 12.4. The Bertz CT molecular complexity index is 748. The molecule has 0 aliphatic rings. The standard InChI is InChI=1S/C17H15N3O/c1-13-12-16(14-8-4-2-5-9-14)20(19-13)17(21)18-15-10-6-3-7-11-15/h2-12H,1H3,(H,18,21). The van der Waals surface area contributed by atoms with Crippen molar-refractivity contribution in [3.05, 3.63) is 72.4 Å². The fourth-order valence-electron chi connectivity index (χ4n) is 2.17. The summed E-state index contributed by atoms with van der Waals surface area (Å²) in [6.07, 6.45) is 0. The van der Waals surface area contributed by atoms with Gasteiger partial charge in [-0.3, -0.25) is 0 Å².